The summed E-state index contributed by atoms with van der Waals surface area (Å²) in [7, 11) is 0. The second-order valence-electron chi connectivity index (χ2n) is 7.98. The first-order chi connectivity index (χ1) is 13.8. The maximum atomic E-state index is 12.6. The van der Waals surface area contributed by atoms with Crippen LogP contribution in [0, 0.1) is 0 Å². The second kappa shape index (κ2) is 8.91. The summed E-state index contributed by atoms with van der Waals surface area (Å²) in [6, 6.07) is 1.21. The molecule has 2 amide bonds. The molecule has 3 heterocycles. The number of amides is 2. The van der Waals surface area contributed by atoms with Crippen LogP contribution in [-0.4, -0.2) is 92.6 Å². The standard InChI is InChI=1S/C19H29N5O5/c1-15(25)22-11-9-21(10-12-22)14-19(29)4-2-6-23(8-5-19)17(27)13-24-7-3-16(26)20-18(24)28/h3,7,29H,2,4-6,8-14H2,1H3,(H,20,26,28). The summed E-state index contributed by atoms with van der Waals surface area (Å²) in [5.74, 6) is -0.132. The van der Waals surface area contributed by atoms with Crippen molar-refractivity contribution in [2.24, 2.45) is 0 Å². The molecule has 29 heavy (non-hydrogen) atoms. The van der Waals surface area contributed by atoms with Gasteiger partial charge in [0.15, 0.2) is 0 Å². The van der Waals surface area contributed by atoms with Crippen LogP contribution in [-0.2, 0) is 16.1 Å². The molecule has 0 bridgehead atoms. The Labute approximate surface area is 168 Å². The fourth-order valence-corrected chi connectivity index (χ4v) is 4.04. The van der Waals surface area contributed by atoms with Crippen molar-refractivity contribution in [2.45, 2.75) is 38.3 Å². The van der Waals surface area contributed by atoms with Crippen LogP contribution >= 0.6 is 0 Å². The zero-order valence-electron chi connectivity index (χ0n) is 16.8. The summed E-state index contributed by atoms with van der Waals surface area (Å²) in [6.45, 7) is 5.72. The van der Waals surface area contributed by atoms with E-state index < -0.39 is 16.9 Å². The van der Waals surface area contributed by atoms with E-state index in [0.717, 1.165) is 13.1 Å². The average Bonchev–Trinajstić information content (AvgIpc) is 2.86. The number of hydrogen-bond donors (Lipinski definition) is 2. The first kappa shape index (κ1) is 21.3. The van der Waals surface area contributed by atoms with Crippen LogP contribution in [0.5, 0.6) is 0 Å². The molecule has 0 radical (unpaired) electrons. The topological polar surface area (TPSA) is 119 Å². The minimum atomic E-state index is -0.873. The Morgan fingerprint density at radius 1 is 1.07 bits per heavy atom. The lowest BCUT2D eigenvalue weighted by Crippen LogP contribution is -2.53. The summed E-state index contributed by atoms with van der Waals surface area (Å²) >= 11 is 0. The zero-order valence-corrected chi connectivity index (χ0v) is 16.8. The number of aromatic amines is 1. The summed E-state index contributed by atoms with van der Waals surface area (Å²) in [4.78, 5) is 54.8. The first-order valence-electron chi connectivity index (χ1n) is 10.0. The molecular formula is C19H29N5O5. The minimum absolute atomic E-state index is 0.0774. The summed E-state index contributed by atoms with van der Waals surface area (Å²) in [5.41, 5.74) is -1.98. The zero-order chi connectivity index (χ0) is 21.0. The van der Waals surface area contributed by atoms with Crippen LogP contribution in [0.25, 0.3) is 0 Å². The number of nitrogens with one attached hydrogen (secondary N) is 1. The van der Waals surface area contributed by atoms with Crippen molar-refractivity contribution in [3.63, 3.8) is 0 Å². The van der Waals surface area contributed by atoms with Gasteiger partial charge < -0.3 is 14.9 Å². The number of carbonyl (C=O) groups excluding carboxylic acids is 2. The SMILES string of the molecule is CC(=O)N1CCN(CC2(O)CCCN(C(=O)Cn3ccc(=O)[nH]c3=O)CC2)CC1. The molecule has 0 aliphatic carbocycles. The highest BCUT2D eigenvalue weighted by Gasteiger charge is 2.34. The van der Waals surface area contributed by atoms with Gasteiger partial charge in [-0.15, -0.1) is 0 Å². The van der Waals surface area contributed by atoms with Gasteiger partial charge >= 0.3 is 5.69 Å². The number of aliphatic hydroxyl groups is 1. The Morgan fingerprint density at radius 3 is 2.45 bits per heavy atom. The molecule has 1 aromatic rings. The van der Waals surface area contributed by atoms with E-state index >= 15 is 0 Å². The predicted octanol–water partition coefficient (Wildman–Crippen LogP) is -1.56. The molecule has 3 rings (SSSR count). The number of hydrogen-bond acceptors (Lipinski definition) is 6. The molecule has 10 nitrogen and oxygen atoms in total. The number of aromatic nitrogens is 2. The number of carbonyl (C=O) groups is 2. The van der Waals surface area contributed by atoms with Gasteiger partial charge in [0.2, 0.25) is 11.8 Å². The number of piperazine rings is 1. The smallest absolute Gasteiger partial charge is 0.328 e. The van der Waals surface area contributed by atoms with Crippen molar-refractivity contribution in [1.29, 1.82) is 0 Å². The quantitative estimate of drug-likeness (QED) is 0.623. The van der Waals surface area contributed by atoms with Gasteiger partial charge in [0, 0.05) is 65.0 Å². The number of H-pyrrole nitrogens is 1. The molecular weight excluding hydrogens is 378 g/mol. The molecule has 1 aromatic heterocycles. The molecule has 1 atom stereocenters. The fourth-order valence-electron chi connectivity index (χ4n) is 4.04. The Balaban J connectivity index is 1.54. The Morgan fingerprint density at radius 2 is 1.79 bits per heavy atom. The predicted molar refractivity (Wildman–Crippen MR) is 105 cm³/mol. The van der Waals surface area contributed by atoms with E-state index in [0.29, 0.717) is 52.0 Å². The largest absolute Gasteiger partial charge is 0.388 e. The normalized spacial score (nSPS) is 23.7. The van der Waals surface area contributed by atoms with Crippen molar-refractivity contribution in [3.8, 4) is 0 Å². The number of β-amino-alcohol motifs (C(OH)–C–C–N with tert-alkyl or cyclic N) is 1. The van der Waals surface area contributed by atoms with Crippen LogP contribution in [0.4, 0.5) is 0 Å². The molecule has 0 spiro atoms. The van der Waals surface area contributed by atoms with Gasteiger partial charge in [0.1, 0.15) is 6.54 Å². The maximum Gasteiger partial charge on any atom is 0.328 e. The first-order valence-corrected chi connectivity index (χ1v) is 10.0. The molecule has 160 valence electrons. The molecule has 2 aliphatic rings. The Kier molecular flexibility index (Phi) is 6.53. The third-order valence-electron chi connectivity index (χ3n) is 5.81. The molecule has 0 aromatic carbocycles. The molecule has 2 aliphatic heterocycles. The lowest BCUT2D eigenvalue weighted by Gasteiger charge is -2.39. The minimum Gasteiger partial charge on any atom is -0.388 e. The third kappa shape index (κ3) is 5.54. The lowest BCUT2D eigenvalue weighted by molar-refractivity contribution is -0.132. The van der Waals surface area contributed by atoms with E-state index in [2.05, 4.69) is 9.88 Å². The molecule has 2 fully saturated rings. The van der Waals surface area contributed by atoms with E-state index in [-0.39, 0.29) is 18.4 Å². The molecule has 10 heteroatoms. The lowest BCUT2D eigenvalue weighted by atomic mass is 9.94. The van der Waals surface area contributed by atoms with E-state index in [1.54, 1.807) is 11.8 Å². The molecule has 0 saturated carbocycles. The summed E-state index contributed by atoms with van der Waals surface area (Å²) < 4.78 is 1.18. The highest BCUT2D eigenvalue weighted by molar-refractivity contribution is 5.76. The van der Waals surface area contributed by atoms with Gasteiger partial charge in [-0.1, -0.05) is 0 Å². The van der Waals surface area contributed by atoms with Crippen LogP contribution in [0.3, 0.4) is 0 Å². The van der Waals surface area contributed by atoms with E-state index in [9.17, 15) is 24.3 Å². The highest BCUT2D eigenvalue weighted by Crippen LogP contribution is 2.24. The Bertz CT molecular complexity index is 857. The van der Waals surface area contributed by atoms with Crippen LogP contribution in [0.1, 0.15) is 26.2 Å². The maximum absolute atomic E-state index is 12.6. The summed E-state index contributed by atoms with van der Waals surface area (Å²) in [6.07, 6.45) is 3.05. The van der Waals surface area contributed by atoms with Crippen LogP contribution in [0.2, 0.25) is 0 Å². The second-order valence-corrected chi connectivity index (χ2v) is 7.98. The van der Waals surface area contributed by atoms with Crippen LogP contribution < -0.4 is 11.2 Å². The number of nitrogens with zero attached hydrogens (tertiary/aromatic N) is 4. The van der Waals surface area contributed by atoms with E-state index in [4.69, 9.17) is 0 Å². The van der Waals surface area contributed by atoms with Gasteiger partial charge in [-0.2, -0.15) is 0 Å². The third-order valence-corrected chi connectivity index (χ3v) is 5.81. The van der Waals surface area contributed by atoms with Crippen molar-refractivity contribution < 1.29 is 14.7 Å². The molecule has 2 N–H and O–H groups in total. The Hall–Kier alpha value is -2.46. The van der Waals surface area contributed by atoms with E-state index in [1.807, 2.05) is 4.90 Å². The van der Waals surface area contributed by atoms with Gasteiger partial charge in [0.05, 0.1) is 5.60 Å². The highest BCUT2D eigenvalue weighted by atomic mass is 16.3. The van der Waals surface area contributed by atoms with Crippen molar-refractivity contribution in [2.75, 3.05) is 45.8 Å². The number of rotatable bonds is 4. The van der Waals surface area contributed by atoms with Gasteiger partial charge in [-0.3, -0.25) is 28.8 Å². The number of likely N-dealkylation sites (tertiary alicyclic amines) is 1. The van der Waals surface area contributed by atoms with Gasteiger partial charge in [-0.25, -0.2) is 4.79 Å². The monoisotopic (exact) mass is 407 g/mol. The molecule has 1 unspecified atom stereocenters. The fraction of sp³-hybridized carbons (Fsp3) is 0.684. The van der Waals surface area contributed by atoms with Gasteiger partial charge in [-0.05, 0) is 19.3 Å². The molecule has 2 saturated heterocycles. The van der Waals surface area contributed by atoms with Crippen LogP contribution in [0.15, 0.2) is 21.9 Å². The van der Waals surface area contributed by atoms with Crippen molar-refractivity contribution in [3.05, 3.63) is 33.1 Å². The van der Waals surface area contributed by atoms with Gasteiger partial charge in [0.25, 0.3) is 5.56 Å². The summed E-state index contributed by atoms with van der Waals surface area (Å²) in [5, 5.41) is 11.1. The average molecular weight is 407 g/mol. The van der Waals surface area contributed by atoms with Crippen molar-refractivity contribution >= 4 is 11.8 Å². The van der Waals surface area contributed by atoms with Crippen molar-refractivity contribution in [1.82, 2.24) is 24.3 Å². The van der Waals surface area contributed by atoms with E-state index in [1.165, 1.54) is 16.8 Å².